The second kappa shape index (κ2) is 6.29. The van der Waals surface area contributed by atoms with Crippen molar-refractivity contribution in [3.8, 4) is 0 Å². The van der Waals surface area contributed by atoms with Crippen LogP contribution in [0.25, 0.3) is 11.0 Å². The largest absolute Gasteiger partial charge is 0.341 e. The summed E-state index contributed by atoms with van der Waals surface area (Å²) in [5.74, 6) is 1.06. The molecule has 2 aliphatic rings. The van der Waals surface area contributed by atoms with Crippen LogP contribution in [0.1, 0.15) is 38.5 Å². The van der Waals surface area contributed by atoms with Crippen molar-refractivity contribution in [2.75, 3.05) is 31.1 Å². The molecule has 0 saturated carbocycles. The third kappa shape index (κ3) is 2.84. The molecule has 2 aromatic rings. The lowest BCUT2D eigenvalue weighted by atomic mass is 10.0. The van der Waals surface area contributed by atoms with E-state index in [9.17, 15) is 0 Å². The SMILES string of the molecule is c1ccc2[nH]c(N3CCCC(N4CCCCCC4)C3)nc2c1. The van der Waals surface area contributed by atoms with Gasteiger partial charge in [0.25, 0.3) is 0 Å². The number of fused-ring (bicyclic) bond motifs is 1. The summed E-state index contributed by atoms with van der Waals surface area (Å²) in [6.45, 7) is 4.83. The van der Waals surface area contributed by atoms with E-state index in [4.69, 9.17) is 4.98 Å². The van der Waals surface area contributed by atoms with Gasteiger partial charge in [-0.15, -0.1) is 0 Å². The number of imidazole rings is 1. The van der Waals surface area contributed by atoms with Crippen LogP contribution in [0.2, 0.25) is 0 Å². The molecule has 0 aliphatic carbocycles. The van der Waals surface area contributed by atoms with Gasteiger partial charge in [-0.05, 0) is 50.9 Å². The van der Waals surface area contributed by atoms with Gasteiger partial charge in [-0.1, -0.05) is 25.0 Å². The first-order valence-electron chi connectivity index (χ1n) is 8.84. The molecule has 118 valence electrons. The lowest BCUT2D eigenvalue weighted by Gasteiger charge is -2.39. The van der Waals surface area contributed by atoms with Gasteiger partial charge in [-0.3, -0.25) is 4.90 Å². The monoisotopic (exact) mass is 298 g/mol. The summed E-state index contributed by atoms with van der Waals surface area (Å²) in [6, 6.07) is 9.04. The van der Waals surface area contributed by atoms with Gasteiger partial charge in [0, 0.05) is 19.1 Å². The number of aromatic amines is 1. The first-order valence-corrected chi connectivity index (χ1v) is 8.84. The van der Waals surface area contributed by atoms with Crippen LogP contribution >= 0.6 is 0 Å². The van der Waals surface area contributed by atoms with Crippen LogP contribution in [0.3, 0.4) is 0 Å². The average Bonchev–Trinajstić information content (AvgIpc) is 2.81. The Morgan fingerprint density at radius 3 is 2.59 bits per heavy atom. The number of hydrogen-bond acceptors (Lipinski definition) is 3. The van der Waals surface area contributed by atoms with E-state index in [0.717, 1.165) is 30.1 Å². The second-order valence-corrected chi connectivity index (χ2v) is 6.77. The predicted octanol–water partition coefficient (Wildman–Crippen LogP) is 3.41. The lowest BCUT2D eigenvalue weighted by Crippen LogP contribution is -2.48. The number of hydrogen-bond donors (Lipinski definition) is 1. The first-order chi connectivity index (χ1) is 10.9. The highest BCUT2D eigenvalue weighted by atomic mass is 15.3. The molecular weight excluding hydrogens is 272 g/mol. The number of nitrogens with one attached hydrogen (secondary N) is 1. The molecule has 3 heterocycles. The molecule has 4 heteroatoms. The summed E-state index contributed by atoms with van der Waals surface area (Å²) in [5, 5.41) is 0. The van der Waals surface area contributed by atoms with Crippen molar-refractivity contribution in [1.29, 1.82) is 0 Å². The standard InChI is InChI=1S/C18H26N4/c1-2-6-12-21(11-5-1)15-8-7-13-22(14-15)18-19-16-9-3-4-10-17(16)20-18/h3-4,9-10,15H,1-2,5-8,11-14H2,(H,19,20). The fourth-order valence-electron chi connectivity index (χ4n) is 3.99. The minimum absolute atomic E-state index is 0.708. The van der Waals surface area contributed by atoms with E-state index in [1.165, 1.54) is 51.6 Å². The highest BCUT2D eigenvalue weighted by Crippen LogP contribution is 2.24. The van der Waals surface area contributed by atoms with E-state index >= 15 is 0 Å². The Kier molecular flexibility index (Phi) is 4.02. The van der Waals surface area contributed by atoms with Crippen molar-refractivity contribution in [3.05, 3.63) is 24.3 Å². The number of rotatable bonds is 2. The normalized spacial score (nSPS) is 24.5. The number of piperidine rings is 1. The van der Waals surface area contributed by atoms with Crippen molar-refractivity contribution in [3.63, 3.8) is 0 Å². The van der Waals surface area contributed by atoms with Crippen molar-refractivity contribution in [2.24, 2.45) is 0 Å². The van der Waals surface area contributed by atoms with Gasteiger partial charge >= 0.3 is 0 Å². The molecule has 1 atom stereocenters. The first kappa shape index (κ1) is 14.1. The molecular formula is C18H26N4. The average molecular weight is 298 g/mol. The number of para-hydroxylation sites is 2. The smallest absolute Gasteiger partial charge is 0.203 e. The Bertz CT molecular complexity index is 579. The quantitative estimate of drug-likeness (QED) is 0.923. The van der Waals surface area contributed by atoms with Crippen molar-refractivity contribution in [2.45, 2.75) is 44.6 Å². The number of aromatic nitrogens is 2. The third-order valence-corrected chi connectivity index (χ3v) is 5.23. The number of H-pyrrole nitrogens is 1. The molecule has 2 fully saturated rings. The maximum absolute atomic E-state index is 4.79. The van der Waals surface area contributed by atoms with Crippen LogP contribution in [-0.2, 0) is 0 Å². The van der Waals surface area contributed by atoms with E-state index in [1.807, 2.05) is 0 Å². The van der Waals surface area contributed by atoms with E-state index in [2.05, 4.69) is 39.0 Å². The van der Waals surface area contributed by atoms with Crippen molar-refractivity contribution >= 4 is 17.0 Å². The third-order valence-electron chi connectivity index (χ3n) is 5.23. The van der Waals surface area contributed by atoms with Gasteiger partial charge in [-0.25, -0.2) is 4.98 Å². The number of anilines is 1. The molecule has 0 radical (unpaired) electrons. The molecule has 0 bridgehead atoms. The Balaban J connectivity index is 1.50. The molecule has 4 rings (SSSR count). The maximum Gasteiger partial charge on any atom is 0.203 e. The Morgan fingerprint density at radius 2 is 1.77 bits per heavy atom. The summed E-state index contributed by atoms with van der Waals surface area (Å²) in [6.07, 6.45) is 8.20. The van der Waals surface area contributed by atoms with Crippen LogP contribution in [0.15, 0.2) is 24.3 Å². The molecule has 2 saturated heterocycles. The zero-order chi connectivity index (χ0) is 14.8. The highest BCUT2D eigenvalue weighted by molar-refractivity contribution is 5.77. The predicted molar refractivity (Wildman–Crippen MR) is 91.4 cm³/mol. The van der Waals surface area contributed by atoms with Crippen LogP contribution in [0.4, 0.5) is 5.95 Å². The minimum atomic E-state index is 0.708. The molecule has 1 aromatic heterocycles. The van der Waals surface area contributed by atoms with Gasteiger partial charge in [0.2, 0.25) is 5.95 Å². The fraction of sp³-hybridized carbons (Fsp3) is 0.611. The molecule has 0 amide bonds. The van der Waals surface area contributed by atoms with Crippen molar-refractivity contribution in [1.82, 2.24) is 14.9 Å². The summed E-state index contributed by atoms with van der Waals surface area (Å²) < 4.78 is 0. The second-order valence-electron chi connectivity index (χ2n) is 6.77. The number of nitrogens with zero attached hydrogens (tertiary/aromatic N) is 3. The molecule has 22 heavy (non-hydrogen) atoms. The van der Waals surface area contributed by atoms with Crippen LogP contribution < -0.4 is 4.90 Å². The number of benzene rings is 1. The molecule has 1 aromatic carbocycles. The highest BCUT2D eigenvalue weighted by Gasteiger charge is 2.27. The Labute approximate surface area is 132 Å². The topological polar surface area (TPSA) is 35.2 Å². The van der Waals surface area contributed by atoms with Crippen LogP contribution in [-0.4, -0.2) is 47.1 Å². The summed E-state index contributed by atoms with van der Waals surface area (Å²) in [7, 11) is 0. The molecule has 1 unspecified atom stereocenters. The van der Waals surface area contributed by atoms with E-state index in [0.29, 0.717) is 6.04 Å². The van der Waals surface area contributed by atoms with Crippen molar-refractivity contribution < 1.29 is 0 Å². The molecule has 0 spiro atoms. The fourth-order valence-corrected chi connectivity index (χ4v) is 3.99. The van der Waals surface area contributed by atoms with Crippen LogP contribution in [0, 0.1) is 0 Å². The zero-order valence-electron chi connectivity index (χ0n) is 13.3. The van der Waals surface area contributed by atoms with E-state index in [1.54, 1.807) is 0 Å². The number of likely N-dealkylation sites (tertiary alicyclic amines) is 1. The van der Waals surface area contributed by atoms with E-state index in [-0.39, 0.29) is 0 Å². The Hall–Kier alpha value is -1.55. The van der Waals surface area contributed by atoms with Crippen LogP contribution in [0.5, 0.6) is 0 Å². The summed E-state index contributed by atoms with van der Waals surface area (Å²) in [5.41, 5.74) is 2.23. The lowest BCUT2D eigenvalue weighted by molar-refractivity contribution is 0.181. The maximum atomic E-state index is 4.79. The van der Waals surface area contributed by atoms with Gasteiger partial charge in [0.05, 0.1) is 11.0 Å². The molecule has 2 aliphatic heterocycles. The van der Waals surface area contributed by atoms with E-state index < -0.39 is 0 Å². The van der Waals surface area contributed by atoms with Gasteiger partial charge in [0.15, 0.2) is 0 Å². The van der Waals surface area contributed by atoms with Gasteiger partial charge in [-0.2, -0.15) is 0 Å². The molecule has 1 N–H and O–H groups in total. The zero-order valence-corrected chi connectivity index (χ0v) is 13.3. The summed E-state index contributed by atoms with van der Waals surface area (Å²) in [4.78, 5) is 13.5. The van der Waals surface area contributed by atoms with Gasteiger partial charge in [0.1, 0.15) is 0 Å². The molecule has 4 nitrogen and oxygen atoms in total. The summed E-state index contributed by atoms with van der Waals surface area (Å²) >= 11 is 0. The minimum Gasteiger partial charge on any atom is -0.341 e. The Morgan fingerprint density at radius 1 is 0.955 bits per heavy atom. The van der Waals surface area contributed by atoms with Gasteiger partial charge < -0.3 is 9.88 Å².